The van der Waals surface area contributed by atoms with Crippen LogP contribution in [0.5, 0.6) is 0 Å². The average molecular weight is 143 g/mol. The molecule has 0 fully saturated rings. The molecule has 0 aliphatic rings. The summed E-state index contributed by atoms with van der Waals surface area (Å²) in [4.78, 5) is 0. The minimum absolute atomic E-state index is 0.0772. The van der Waals surface area contributed by atoms with Crippen molar-refractivity contribution in [2.45, 2.75) is 11.6 Å². The molecule has 0 aromatic carbocycles. The summed E-state index contributed by atoms with van der Waals surface area (Å²) >= 11 is 14.5. The van der Waals surface area contributed by atoms with Crippen molar-refractivity contribution >= 4 is 41.7 Å². The van der Waals surface area contributed by atoms with Crippen LogP contribution in [0.15, 0.2) is 0 Å². The Morgan fingerprint density at radius 1 is 1.67 bits per heavy atom. The van der Waals surface area contributed by atoms with Gasteiger partial charge in [-0.2, -0.15) is 0 Å². The van der Waals surface area contributed by atoms with Gasteiger partial charge in [-0.3, -0.25) is 0 Å². The molecule has 0 aromatic rings. The fourth-order valence-electron chi connectivity index (χ4n) is 0. The van der Waals surface area contributed by atoms with E-state index in [4.69, 9.17) is 23.2 Å². The number of halogens is 2. The van der Waals surface area contributed by atoms with Crippen LogP contribution in [0.3, 0.4) is 0 Å². The first-order chi connectivity index (χ1) is 2.64. The molecular weight excluding hydrogens is 138 g/mol. The highest BCUT2D eigenvalue weighted by Crippen LogP contribution is 2.07. The van der Waals surface area contributed by atoms with Gasteiger partial charge in [0.1, 0.15) is 0 Å². The highest BCUT2D eigenvalue weighted by molar-refractivity contribution is 8.11. The zero-order chi connectivity index (χ0) is 5.15. The summed E-state index contributed by atoms with van der Waals surface area (Å²) in [6.45, 7) is 1.84. The third-order valence-electron chi connectivity index (χ3n) is 0.365. The summed E-state index contributed by atoms with van der Waals surface area (Å²) in [5.74, 6) is 0.0772. The van der Waals surface area contributed by atoms with Gasteiger partial charge < -0.3 is 0 Å². The molecular formula is C2H5BCl2S. The summed E-state index contributed by atoms with van der Waals surface area (Å²) in [6, 6.07) is 0. The van der Waals surface area contributed by atoms with Crippen LogP contribution < -0.4 is 0 Å². The Morgan fingerprint density at radius 2 is 1.83 bits per heavy atom. The normalized spacial score (nSPS) is 9.50. The molecule has 0 nitrogen and oxygen atoms in total. The van der Waals surface area contributed by atoms with Gasteiger partial charge in [-0.05, 0) is 0 Å². The maximum absolute atomic E-state index is 5.30. The number of hydrogen-bond acceptors (Lipinski definition) is 1. The van der Waals surface area contributed by atoms with Gasteiger partial charge in [-0.1, -0.05) is 6.82 Å². The molecule has 0 amide bonds. The number of rotatable bonds is 1. The monoisotopic (exact) mass is 142 g/mol. The summed E-state index contributed by atoms with van der Waals surface area (Å²) < 4.78 is -0.340. The largest absolute Gasteiger partial charge is 0.239 e. The Bertz CT molecular complexity index is 32.5. The molecule has 0 saturated heterocycles. The van der Waals surface area contributed by atoms with Crippen LogP contribution in [-0.2, 0) is 0 Å². The minimum Gasteiger partial charge on any atom is -0.224 e. The SMILES string of the molecule is CB(S)C(Cl)Cl. The third kappa shape index (κ3) is 3.20. The Kier molecular flexibility index (Phi) is 3.56. The zero-order valence-corrected chi connectivity index (χ0v) is 5.76. The molecule has 0 aliphatic carbocycles. The molecule has 0 rings (SSSR count). The van der Waals surface area contributed by atoms with E-state index in [9.17, 15) is 0 Å². The Labute approximate surface area is 53.6 Å². The van der Waals surface area contributed by atoms with E-state index in [-0.39, 0.29) is 10.7 Å². The minimum atomic E-state index is -0.340. The highest BCUT2D eigenvalue weighted by atomic mass is 35.5. The lowest BCUT2D eigenvalue weighted by Crippen LogP contribution is -2.07. The second-order valence-corrected chi connectivity index (χ2v) is 3.05. The second-order valence-electron chi connectivity index (χ2n) is 1.08. The summed E-state index contributed by atoms with van der Waals surface area (Å²) in [5.41, 5.74) is 0. The first-order valence-corrected chi connectivity index (χ1v) is 2.99. The standard InChI is InChI=1S/C2H5BCl2S/c1-3(6)2(4)5/h2,6H,1H3. The molecule has 0 N–H and O–H groups in total. The van der Waals surface area contributed by atoms with E-state index in [0.29, 0.717) is 0 Å². The van der Waals surface area contributed by atoms with Crippen LogP contribution in [0.1, 0.15) is 0 Å². The third-order valence-corrected chi connectivity index (χ3v) is 1.77. The number of alkyl halides is 2. The number of thiol groups is 1. The van der Waals surface area contributed by atoms with Crippen molar-refractivity contribution in [3.63, 3.8) is 0 Å². The van der Waals surface area contributed by atoms with Crippen molar-refractivity contribution < 1.29 is 0 Å². The lowest BCUT2D eigenvalue weighted by Gasteiger charge is -1.94. The lowest BCUT2D eigenvalue weighted by molar-refractivity contribution is 1.84. The van der Waals surface area contributed by atoms with Gasteiger partial charge in [-0.15, -0.1) is 23.2 Å². The van der Waals surface area contributed by atoms with E-state index in [1.54, 1.807) is 0 Å². The molecule has 0 atom stereocenters. The quantitative estimate of drug-likeness (QED) is 0.323. The van der Waals surface area contributed by atoms with Gasteiger partial charge in [0.2, 0.25) is 5.99 Å². The molecule has 0 aliphatic heterocycles. The fraction of sp³-hybridized carbons (Fsp3) is 1.00. The Hall–Kier alpha value is 0.995. The van der Waals surface area contributed by atoms with E-state index >= 15 is 0 Å². The van der Waals surface area contributed by atoms with Crippen LogP contribution in [-0.4, -0.2) is 10.7 Å². The zero-order valence-electron chi connectivity index (χ0n) is 3.36. The van der Waals surface area contributed by atoms with Gasteiger partial charge >= 0.3 is 0 Å². The van der Waals surface area contributed by atoms with Gasteiger partial charge in [0.25, 0.3) is 0 Å². The average Bonchev–Trinajstić information content (AvgIpc) is 1.36. The van der Waals surface area contributed by atoms with Crippen LogP contribution >= 0.6 is 35.7 Å². The first kappa shape index (κ1) is 6.99. The summed E-state index contributed by atoms with van der Waals surface area (Å²) in [7, 11) is 0. The van der Waals surface area contributed by atoms with E-state index in [0.717, 1.165) is 0 Å². The van der Waals surface area contributed by atoms with Crippen molar-refractivity contribution in [1.82, 2.24) is 0 Å². The molecule has 0 radical (unpaired) electrons. The van der Waals surface area contributed by atoms with E-state index < -0.39 is 0 Å². The van der Waals surface area contributed by atoms with Crippen molar-refractivity contribution in [3.05, 3.63) is 0 Å². The van der Waals surface area contributed by atoms with E-state index in [1.165, 1.54) is 0 Å². The first-order valence-electron chi connectivity index (χ1n) is 1.61. The van der Waals surface area contributed by atoms with Gasteiger partial charge in [0.15, 0.2) is 0 Å². The highest BCUT2D eigenvalue weighted by Gasteiger charge is 2.08. The molecule has 36 valence electrons. The molecule has 0 bridgehead atoms. The Morgan fingerprint density at radius 3 is 1.83 bits per heavy atom. The predicted molar refractivity (Wildman–Crippen MR) is 36.1 cm³/mol. The van der Waals surface area contributed by atoms with E-state index in [2.05, 4.69) is 12.5 Å². The summed E-state index contributed by atoms with van der Waals surface area (Å²) in [6.07, 6.45) is 0. The van der Waals surface area contributed by atoms with Crippen molar-refractivity contribution in [2.24, 2.45) is 0 Å². The molecule has 4 heteroatoms. The molecule has 0 aromatic heterocycles. The molecule has 6 heavy (non-hydrogen) atoms. The molecule has 0 heterocycles. The second kappa shape index (κ2) is 3.06. The summed E-state index contributed by atoms with van der Waals surface area (Å²) in [5, 5.41) is 0. The maximum atomic E-state index is 5.30. The van der Waals surface area contributed by atoms with Crippen molar-refractivity contribution in [1.29, 1.82) is 0 Å². The van der Waals surface area contributed by atoms with Crippen LogP contribution in [0, 0.1) is 0 Å². The number of hydrogen-bond donors (Lipinski definition) is 1. The van der Waals surface area contributed by atoms with Crippen LogP contribution in [0.4, 0.5) is 0 Å². The van der Waals surface area contributed by atoms with Crippen molar-refractivity contribution in [3.8, 4) is 0 Å². The fourth-order valence-corrected chi connectivity index (χ4v) is 0. The van der Waals surface area contributed by atoms with Crippen LogP contribution in [0.2, 0.25) is 6.82 Å². The smallest absolute Gasteiger partial charge is 0.224 e. The Balaban J connectivity index is 2.99. The van der Waals surface area contributed by atoms with Gasteiger partial charge in [-0.25, -0.2) is 12.5 Å². The molecule has 0 spiro atoms. The van der Waals surface area contributed by atoms with E-state index in [1.807, 2.05) is 6.82 Å². The predicted octanol–water partition coefficient (Wildman–Crippen LogP) is 1.88. The topological polar surface area (TPSA) is 0 Å². The maximum Gasteiger partial charge on any atom is 0.239 e. The lowest BCUT2D eigenvalue weighted by atomic mass is 9.83. The van der Waals surface area contributed by atoms with Gasteiger partial charge in [0.05, 0.1) is 4.74 Å². The molecule has 0 unspecified atom stereocenters. The van der Waals surface area contributed by atoms with Crippen LogP contribution in [0.25, 0.3) is 0 Å². The molecule has 0 saturated carbocycles. The van der Waals surface area contributed by atoms with Crippen molar-refractivity contribution in [2.75, 3.05) is 0 Å². The van der Waals surface area contributed by atoms with Gasteiger partial charge in [0, 0.05) is 0 Å².